The number of aromatic amines is 1. The SMILES string of the molecule is CCc1cccc2c([C@H](CC(=O)NCCCOC)c3ccc(OC)c(OC)c3)c[nH]c12. The molecule has 0 spiro atoms. The zero-order chi connectivity index (χ0) is 22.2. The smallest absolute Gasteiger partial charge is 0.220 e. The van der Waals surface area contributed by atoms with Crippen molar-refractivity contribution in [3.05, 3.63) is 59.3 Å². The van der Waals surface area contributed by atoms with Gasteiger partial charge in [-0.05, 0) is 41.7 Å². The van der Waals surface area contributed by atoms with Crippen LogP contribution in [0.25, 0.3) is 10.9 Å². The van der Waals surface area contributed by atoms with Crippen LogP contribution in [0.15, 0.2) is 42.6 Å². The maximum Gasteiger partial charge on any atom is 0.220 e. The normalized spacial score (nSPS) is 12.0. The maximum absolute atomic E-state index is 12.8. The average Bonchev–Trinajstić information content (AvgIpc) is 3.24. The highest BCUT2D eigenvalue weighted by atomic mass is 16.5. The summed E-state index contributed by atoms with van der Waals surface area (Å²) < 4.78 is 16.0. The summed E-state index contributed by atoms with van der Waals surface area (Å²) in [5.41, 5.74) is 4.50. The van der Waals surface area contributed by atoms with Crippen molar-refractivity contribution in [3.8, 4) is 11.5 Å². The van der Waals surface area contributed by atoms with Crippen LogP contribution in [0.2, 0.25) is 0 Å². The minimum Gasteiger partial charge on any atom is -0.493 e. The van der Waals surface area contributed by atoms with Crippen molar-refractivity contribution in [1.29, 1.82) is 0 Å². The number of hydrogen-bond donors (Lipinski definition) is 2. The quantitative estimate of drug-likeness (QED) is 0.447. The first-order chi connectivity index (χ1) is 15.1. The molecule has 0 aliphatic carbocycles. The zero-order valence-corrected chi connectivity index (χ0v) is 18.8. The van der Waals surface area contributed by atoms with Gasteiger partial charge >= 0.3 is 0 Å². The summed E-state index contributed by atoms with van der Waals surface area (Å²) in [6.07, 6.45) is 4.10. The lowest BCUT2D eigenvalue weighted by atomic mass is 9.87. The second-order valence-corrected chi connectivity index (χ2v) is 7.50. The Morgan fingerprint density at radius 3 is 2.61 bits per heavy atom. The van der Waals surface area contributed by atoms with Crippen molar-refractivity contribution >= 4 is 16.8 Å². The Morgan fingerprint density at radius 2 is 1.90 bits per heavy atom. The van der Waals surface area contributed by atoms with E-state index in [-0.39, 0.29) is 11.8 Å². The molecule has 0 saturated carbocycles. The fourth-order valence-electron chi connectivity index (χ4n) is 4.00. The van der Waals surface area contributed by atoms with Gasteiger partial charge in [-0.1, -0.05) is 31.2 Å². The molecule has 2 aromatic carbocycles. The number of ether oxygens (including phenoxy) is 3. The van der Waals surface area contributed by atoms with Crippen LogP contribution in [-0.2, 0) is 16.0 Å². The average molecular weight is 425 g/mol. The molecule has 6 nitrogen and oxygen atoms in total. The highest BCUT2D eigenvalue weighted by molar-refractivity contribution is 5.88. The van der Waals surface area contributed by atoms with Gasteiger partial charge in [0.1, 0.15) is 0 Å². The van der Waals surface area contributed by atoms with Crippen molar-refractivity contribution in [2.24, 2.45) is 0 Å². The molecule has 1 heterocycles. The molecule has 166 valence electrons. The third-order valence-electron chi connectivity index (χ3n) is 5.64. The van der Waals surface area contributed by atoms with Crippen molar-refractivity contribution in [2.75, 3.05) is 34.5 Å². The Hall–Kier alpha value is -2.99. The highest BCUT2D eigenvalue weighted by Gasteiger charge is 2.23. The van der Waals surface area contributed by atoms with Gasteiger partial charge in [0.2, 0.25) is 5.91 Å². The van der Waals surface area contributed by atoms with E-state index in [0.717, 1.165) is 34.9 Å². The molecule has 0 aliphatic rings. The van der Waals surface area contributed by atoms with Crippen LogP contribution in [0.3, 0.4) is 0 Å². The molecule has 1 atom stereocenters. The van der Waals surface area contributed by atoms with Gasteiger partial charge in [-0.3, -0.25) is 4.79 Å². The molecule has 0 bridgehead atoms. The van der Waals surface area contributed by atoms with Gasteiger partial charge in [0.25, 0.3) is 0 Å². The Bertz CT molecular complexity index is 1010. The standard InChI is InChI=1S/C25H32N2O4/c1-5-17-8-6-9-19-21(16-27-25(17)19)20(15-24(28)26-12-7-13-29-2)18-10-11-22(30-3)23(14-18)31-4/h6,8-11,14,16,20,27H,5,7,12-13,15H2,1-4H3,(H,26,28)/t20-/m1/s1. The molecular formula is C25H32N2O4. The Kier molecular flexibility index (Phi) is 7.95. The van der Waals surface area contributed by atoms with E-state index in [1.807, 2.05) is 24.4 Å². The number of hydrogen-bond acceptors (Lipinski definition) is 4. The molecular weight excluding hydrogens is 392 g/mol. The topological polar surface area (TPSA) is 72.6 Å². The van der Waals surface area contributed by atoms with Crippen molar-refractivity contribution in [2.45, 2.75) is 32.1 Å². The van der Waals surface area contributed by atoms with E-state index < -0.39 is 0 Å². The van der Waals surface area contributed by atoms with E-state index in [1.54, 1.807) is 21.3 Å². The van der Waals surface area contributed by atoms with E-state index in [9.17, 15) is 4.79 Å². The van der Waals surface area contributed by atoms with Crippen molar-refractivity contribution < 1.29 is 19.0 Å². The molecule has 0 fully saturated rings. The molecule has 3 aromatic rings. The van der Waals surface area contributed by atoms with E-state index >= 15 is 0 Å². The maximum atomic E-state index is 12.8. The van der Waals surface area contributed by atoms with Crippen LogP contribution < -0.4 is 14.8 Å². The number of carbonyl (C=O) groups is 1. The third-order valence-corrected chi connectivity index (χ3v) is 5.64. The van der Waals surface area contributed by atoms with E-state index in [4.69, 9.17) is 14.2 Å². The lowest BCUT2D eigenvalue weighted by Gasteiger charge is -2.19. The fraction of sp³-hybridized carbons (Fsp3) is 0.400. The first-order valence-electron chi connectivity index (χ1n) is 10.7. The summed E-state index contributed by atoms with van der Waals surface area (Å²) in [5.74, 6) is 1.21. The largest absolute Gasteiger partial charge is 0.493 e. The van der Waals surface area contributed by atoms with E-state index in [0.29, 0.717) is 31.1 Å². The molecule has 1 amide bonds. The number of nitrogens with one attached hydrogen (secondary N) is 2. The third kappa shape index (κ3) is 5.20. The molecule has 0 saturated heterocycles. The second kappa shape index (κ2) is 10.9. The number of benzene rings is 2. The van der Waals surface area contributed by atoms with Gasteiger partial charge in [-0.2, -0.15) is 0 Å². The van der Waals surface area contributed by atoms with Crippen molar-refractivity contribution in [3.63, 3.8) is 0 Å². The molecule has 3 rings (SSSR count). The molecule has 0 aliphatic heterocycles. The molecule has 2 N–H and O–H groups in total. The first kappa shape index (κ1) is 22.7. The number of amides is 1. The van der Waals surface area contributed by atoms with E-state index in [1.165, 1.54) is 5.56 Å². The number of para-hydroxylation sites is 1. The summed E-state index contributed by atoms with van der Waals surface area (Å²) in [5, 5.41) is 4.16. The lowest BCUT2D eigenvalue weighted by Crippen LogP contribution is -2.27. The molecule has 6 heteroatoms. The van der Waals surface area contributed by atoms with Crippen LogP contribution >= 0.6 is 0 Å². The van der Waals surface area contributed by atoms with Crippen LogP contribution in [-0.4, -0.2) is 45.4 Å². The molecule has 0 radical (unpaired) electrons. The van der Waals surface area contributed by atoms with Gasteiger partial charge in [-0.25, -0.2) is 0 Å². The van der Waals surface area contributed by atoms with Gasteiger partial charge in [-0.15, -0.1) is 0 Å². The number of H-pyrrole nitrogens is 1. The molecule has 31 heavy (non-hydrogen) atoms. The Balaban J connectivity index is 1.98. The number of carbonyl (C=O) groups excluding carboxylic acids is 1. The van der Waals surface area contributed by atoms with Crippen LogP contribution in [0.4, 0.5) is 0 Å². The minimum absolute atomic E-state index is 0.0110. The predicted molar refractivity (Wildman–Crippen MR) is 123 cm³/mol. The van der Waals surface area contributed by atoms with Crippen molar-refractivity contribution in [1.82, 2.24) is 10.3 Å². The zero-order valence-electron chi connectivity index (χ0n) is 18.8. The Labute approximate surface area is 183 Å². The van der Waals surface area contributed by atoms with Crippen LogP contribution in [0.1, 0.15) is 42.4 Å². The molecule has 1 aromatic heterocycles. The summed E-state index contributed by atoms with van der Waals surface area (Å²) in [6.45, 7) is 3.37. The number of aryl methyl sites for hydroxylation is 1. The fourth-order valence-corrected chi connectivity index (χ4v) is 4.00. The molecule has 0 unspecified atom stereocenters. The van der Waals surface area contributed by atoms with Gasteiger partial charge in [0.05, 0.1) is 14.2 Å². The van der Waals surface area contributed by atoms with Crippen LogP contribution in [0, 0.1) is 0 Å². The van der Waals surface area contributed by atoms with Crippen LogP contribution in [0.5, 0.6) is 11.5 Å². The summed E-state index contributed by atoms with van der Waals surface area (Å²) in [4.78, 5) is 16.2. The van der Waals surface area contributed by atoms with Gasteiger partial charge < -0.3 is 24.5 Å². The van der Waals surface area contributed by atoms with E-state index in [2.05, 4.69) is 35.4 Å². The highest BCUT2D eigenvalue weighted by Crippen LogP contribution is 2.38. The Morgan fingerprint density at radius 1 is 1.10 bits per heavy atom. The lowest BCUT2D eigenvalue weighted by molar-refractivity contribution is -0.121. The van der Waals surface area contributed by atoms with Gasteiger partial charge in [0.15, 0.2) is 11.5 Å². The number of rotatable bonds is 11. The number of fused-ring (bicyclic) bond motifs is 1. The minimum atomic E-state index is -0.122. The van der Waals surface area contributed by atoms with Gasteiger partial charge in [0, 0.05) is 49.7 Å². The second-order valence-electron chi connectivity index (χ2n) is 7.50. The number of aromatic nitrogens is 1. The monoisotopic (exact) mass is 424 g/mol. The first-order valence-corrected chi connectivity index (χ1v) is 10.7. The number of methoxy groups -OCH3 is 3. The predicted octanol–water partition coefficient (Wildman–Crippen LogP) is 4.42. The summed E-state index contributed by atoms with van der Waals surface area (Å²) >= 11 is 0. The summed E-state index contributed by atoms with van der Waals surface area (Å²) in [7, 11) is 4.91. The summed E-state index contributed by atoms with van der Waals surface area (Å²) in [6, 6.07) is 12.2.